The molecule has 2 aromatic rings. The van der Waals surface area contributed by atoms with Gasteiger partial charge in [0, 0.05) is 6.07 Å². The van der Waals surface area contributed by atoms with Crippen LogP contribution in [-0.2, 0) is 6.18 Å². The highest BCUT2D eigenvalue weighted by Gasteiger charge is 2.30. The number of rotatable bonds is 3. The van der Waals surface area contributed by atoms with Crippen molar-refractivity contribution in [3.63, 3.8) is 0 Å². The summed E-state index contributed by atoms with van der Waals surface area (Å²) in [4.78, 5) is 11.7. The van der Waals surface area contributed by atoms with Gasteiger partial charge in [0.25, 0.3) is 0 Å². The molecule has 0 atom stereocenters. The summed E-state index contributed by atoms with van der Waals surface area (Å²) in [7, 11) is 1.46. The lowest BCUT2D eigenvalue weighted by molar-refractivity contribution is -0.137. The summed E-state index contributed by atoms with van der Waals surface area (Å²) in [6.45, 7) is 0. The van der Waals surface area contributed by atoms with E-state index in [0.717, 1.165) is 18.2 Å². The van der Waals surface area contributed by atoms with E-state index in [1.165, 1.54) is 25.3 Å². The Morgan fingerprint density at radius 1 is 1.13 bits per heavy atom. The van der Waals surface area contributed by atoms with E-state index in [2.05, 4.69) is 5.32 Å². The Kier molecular flexibility index (Phi) is 5.00. The summed E-state index contributed by atoms with van der Waals surface area (Å²) in [6, 6.07) is 8.51. The zero-order chi connectivity index (χ0) is 17.0. The van der Waals surface area contributed by atoms with Gasteiger partial charge in [0.2, 0.25) is 0 Å². The Morgan fingerprint density at radius 2 is 1.87 bits per heavy atom. The van der Waals surface area contributed by atoms with Crippen LogP contribution in [0.5, 0.6) is 11.5 Å². The SMILES string of the molecule is COc1ccc(NC(=O)Oc2cccc(C(F)(F)F)c2)c(Cl)c1. The number of benzene rings is 2. The zero-order valence-corrected chi connectivity index (χ0v) is 12.5. The largest absolute Gasteiger partial charge is 0.497 e. The Morgan fingerprint density at radius 3 is 2.48 bits per heavy atom. The quantitative estimate of drug-likeness (QED) is 0.853. The first-order valence-corrected chi connectivity index (χ1v) is 6.67. The van der Waals surface area contributed by atoms with Crippen LogP contribution in [0.15, 0.2) is 42.5 Å². The van der Waals surface area contributed by atoms with Crippen molar-refractivity contribution in [1.82, 2.24) is 0 Å². The van der Waals surface area contributed by atoms with Gasteiger partial charge in [-0.05, 0) is 30.3 Å². The second kappa shape index (κ2) is 6.78. The molecule has 0 saturated carbocycles. The monoisotopic (exact) mass is 345 g/mol. The van der Waals surface area contributed by atoms with Crippen LogP contribution in [0.1, 0.15) is 5.56 Å². The molecule has 0 heterocycles. The number of hydrogen-bond donors (Lipinski definition) is 1. The van der Waals surface area contributed by atoms with Crippen LogP contribution < -0.4 is 14.8 Å². The van der Waals surface area contributed by atoms with E-state index >= 15 is 0 Å². The molecule has 122 valence electrons. The van der Waals surface area contributed by atoms with Crippen LogP contribution in [0.25, 0.3) is 0 Å². The maximum absolute atomic E-state index is 12.6. The van der Waals surface area contributed by atoms with Crippen LogP contribution in [0, 0.1) is 0 Å². The molecule has 0 bridgehead atoms. The van der Waals surface area contributed by atoms with E-state index < -0.39 is 17.8 Å². The molecule has 0 fully saturated rings. The highest BCUT2D eigenvalue weighted by atomic mass is 35.5. The van der Waals surface area contributed by atoms with Gasteiger partial charge in [-0.3, -0.25) is 5.32 Å². The summed E-state index contributed by atoms with van der Waals surface area (Å²) in [5.74, 6) is 0.258. The Balaban J connectivity index is 2.08. The Hall–Kier alpha value is -2.41. The number of carbonyl (C=O) groups excluding carboxylic acids is 1. The summed E-state index contributed by atoms with van der Waals surface area (Å²) < 4.78 is 47.6. The number of anilines is 1. The lowest BCUT2D eigenvalue weighted by Crippen LogP contribution is -2.17. The molecule has 4 nitrogen and oxygen atoms in total. The first-order valence-electron chi connectivity index (χ1n) is 6.29. The molecule has 0 aliphatic carbocycles. The third-order valence-electron chi connectivity index (χ3n) is 2.78. The van der Waals surface area contributed by atoms with Crippen LogP contribution in [0.4, 0.5) is 23.7 Å². The molecule has 0 aromatic heterocycles. The molecule has 0 saturated heterocycles. The molecule has 0 radical (unpaired) electrons. The van der Waals surface area contributed by atoms with E-state index in [1.54, 1.807) is 6.07 Å². The molecule has 0 unspecified atom stereocenters. The third kappa shape index (κ3) is 4.53. The normalized spacial score (nSPS) is 11.0. The third-order valence-corrected chi connectivity index (χ3v) is 3.10. The molecule has 8 heteroatoms. The molecular weight excluding hydrogens is 335 g/mol. The topological polar surface area (TPSA) is 47.6 Å². The molecule has 1 amide bonds. The number of methoxy groups -OCH3 is 1. The van der Waals surface area contributed by atoms with E-state index in [0.29, 0.717) is 5.75 Å². The maximum Gasteiger partial charge on any atom is 0.417 e. The van der Waals surface area contributed by atoms with E-state index in [-0.39, 0.29) is 16.5 Å². The maximum atomic E-state index is 12.6. The molecular formula is C15H11ClF3NO3. The number of hydrogen-bond acceptors (Lipinski definition) is 3. The number of halogens is 4. The molecule has 0 aliphatic heterocycles. The van der Waals surface area contributed by atoms with Crippen molar-refractivity contribution in [2.45, 2.75) is 6.18 Å². The van der Waals surface area contributed by atoms with Crippen molar-refractivity contribution in [2.75, 3.05) is 12.4 Å². The molecule has 0 spiro atoms. The molecule has 1 N–H and O–H groups in total. The first kappa shape index (κ1) is 17.0. The lowest BCUT2D eigenvalue weighted by Gasteiger charge is -2.11. The first-order chi connectivity index (χ1) is 10.8. The fourth-order valence-electron chi connectivity index (χ4n) is 1.70. The van der Waals surface area contributed by atoms with E-state index in [4.69, 9.17) is 21.1 Å². The van der Waals surface area contributed by atoms with Crippen LogP contribution in [-0.4, -0.2) is 13.2 Å². The fraction of sp³-hybridized carbons (Fsp3) is 0.133. The van der Waals surface area contributed by atoms with Gasteiger partial charge >= 0.3 is 12.3 Å². The van der Waals surface area contributed by atoms with Crippen molar-refractivity contribution < 1.29 is 27.4 Å². The van der Waals surface area contributed by atoms with E-state index in [1.807, 2.05) is 0 Å². The highest BCUT2D eigenvalue weighted by molar-refractivity contribution is 6.33. The predicted molar refractivity (Wildman–Crippen MR) is 79.1 cm³/mol. The smallest absolute Gasteiger partial charge is 0.417 e. The van der Waals surface area contributed by atoms with Gasteiger partial charge < -0.3 is 9.47 Å². The summed E-state index contributed by atoms with van der Waals surface area (Å²) in [6.07, 6.45) is -5.48. The summed E-state index contributed by atoms with van der Waals surface area (Å²) in [5.41, 5.74) is -0.672. The summed E-state index contributed by atoms with van der Waals surface area (Å²) in [5, 5.41) is 2.54. The van der Waals surface area contributed by atoms with Gasteiger partial charge in [-0.25, -0.2) is 4.79 Å². The second-order valence-corrected chi connectivity index (χ2v) is 4.79. The average Bonchev–Trinajstić information content (AvgIpc) is 2.48. The number of alkyl halides is 3. The van der Waals surface area contributed by atoms with Crippen molar-refractivity contribution >= 4 is 23.4 Å². The minimum atomic E-state index is -4.52. The highest BCUT2D eigenvalue weighted by Crippen LogP contribution is 2.31. The second-order valence-electron chi connectivity index (χ2n) is 4.39. The van der Waals surface area contributed by atoms with Gasteiger partial charge in [0.1, 0.15) is 11.5 Å². The van der Waals surface area contributed by atoms with Gasteiger partial charge in [-0.1, -0.05) is 17.7 Å². The van der Waals surface area contributed by atoms with Gasteiger partial charge in [-0.2, -0.15) is 13.2 Å². The zero-order valence-electron chi connectivity index (χ0n) is 11.8. The van der Waals surface area contributed by atoms with Gasteiger partial charge in [0.15, 0.2) is 0 Å². The van der Waals surface area contributed by atoms with E-state index in [9.17, 15) is 18.0 Å². The van der Waals surface area contributed by atoms with Gasteiger partial charge in [0.05, 0.1) is 23.4 Å². The number of carbonyl (C=O) groups is 1. The molecule has 0 aliphatic rings. The number of ether oxygens (including phenoxy) is 2. The van der Waals surface area contributed by atoms with Crippen LogP contribution in [0.3, 0.4) is 0 Å². The fourth-order valence-corrected chi connectivity index (χ4v) is 1.92. The van der Waals surface area contributed by atoms with Crippen molar-refractivity contribution in [1.29, 1.82) is 0 Å². The molecule has 2 rings (SSSR count). The van der Waals surface area contributed by atoms with Crippen molar-refractivity contribution in [2.24, 2.45) is 0 Å². The predicted octanol–water partition coefficient (Wildman–Crippen LogP) is 4.98. The standard InChI is InChI=1S/C15H11ClF3NO3/c1-22-10-5-6-13(12(16)8-10)20-14(21)23-11-4-2-3-9(7-11)15(17,18)19/h2-8H,1H3,(H,20,21). The molecule has 2 aromatic carbocycles. The Bertz CT molecular complexity index is 719. The van der Waals surface area contributed by atoms with Crippen molar-refractivity contribution in [3.05, 3.63) is 53.1 Å². The van der Waals surface area contributed by atoms with Gasteiger partial charge in [-0.15, -0.1) is 0 Å². The Labute approximate surface area is 134 Å². The minimum Gasteiger partial charge on any atom is -0.497 e. The molecule has 23 heavy (non-hydrogen) atoms. The van der Waals surface area contributed by atoms with Crippen LogP contribution >= 0.6 is 11.6 Å². The summed E-state index contributed by atoms with van der Waals surface area (Å²) >= 11 is 5.94. The number of nitrogens with one attached hydrogen (secondary N) is 1. The van der Waals surface area contributed by atoms with Crippen LogP contribution in [0.2, 0.25) is 5.02 Å². The number of amides is 1. The lowest BCUT2D eigenvalue weighted by atomic mass is 10.2. The average molecular weight is 346 g/mol. The van der Waals surface area contributed by atoms with Crippen molar-refractivity contribution in [3.8, 4) is 11.5 Å². The minimum absolute atomic E-state index is 0.199.